The first-order chi connectivity index (χ1) is 8.04. The minimum absolute atomic E-state index is 0.189. The topological polar surface area (TPSA) is 18.5 Å². The lowest BCUT2D eigenvalue weighted by Crippen LogP contribution is -2.09. The molecule has 0 saturated carbocycles. The van der Waals surface area contributed by atoms with Gasteiger partial charge in [0, 0.05) is 5.75 Å². The zero-order valence-corrected chi connectivity index (χ0v) is 9.93. The summed E-state index contributed by atoms with van der Waals surface area (Å²) in [5.74, 6) is 0.790. The number of ether oxygens (including phenoxy) is 2. The molecule has 0 heterocycles. The van der Waals surface area contributed by atoms with Gasteiger partial charge in [0.1, 0.15) is 12.4 Å². The van der Waals surface area contributed by atoms with Gasteiger partial charge in [0.05, 0.1) is 18.8 Å². The molecule has 0 aliphatic carbocycles. The summed E-state index contributed by atoms with van der Waals surface area (Å²) in [6.45, 7) is 1.04. The summed E-state index contributed by atoms with van der Waals surface area (Å²) < 4.78 is 47.3. The van der Waals surface area contributed by atoms with Crippen molar-refractivity contribution >= 4 is 12.6 Å². The highest BCUT2D eigenvalue weighted by molar-refractivity contribution is 7.80. The van der Waals surface area contributed by atoms with E-state index in [4.69, 9.17) is 9.47 Å². The largest absolute Gasteiger partial charge is 0.491 e. The van der Waals surface area contributed by atoms with Crippen LogP contribution in [0.4, 0.5) is 13.2 Å². The average molecular weight is 266 g/mol. The Bertz CT molecular complexity index is 342. The standard InChI is InChI=1S/C11H13F3O2S/c12-11(13,14)9-2-1-3-10(8-9)16-5-4-15-6-7-17/h1-3,8,17H,4-7H2. The first-order valence-electron chi connectivity index (χ1n) is 5.02. The number of hydrogen-bond donors (Lipinski definition) is 1. The Morgan fingerprint density at radius 1 is 1.12 bits per heavy atom. The van der Waals surface area contributed by atoms with E-state index in [1.54, 1.807) is 0 Å². The highest BCUT2D eigenvalue weighted by Crippen LogP contribution is 2.31. The molecule has 1 aromatic carbocycles. The first kappa shape index (κ1) is 14.2. The summed E-state index contributed by atoms with van der Waals surface area (Å²) >= 11 is 3.95. The van der Waals surface area contributed by atoms with E-state index in [1.165, 1.54) is 12.1 Å². The first-order valence-corrected chi connectivity index (χ1v) is 5.66. The van der Waals surface area contributed by atoms with Crippen LogP contribution in [0.1, 0.15) is 5.56 Å². The third kappa shape index (κ3) is 5.32. The molecule has 0 spiro atoms. The summed E-state index contributed by atoms with van der Waals surface area (Å²) in [7, 11) is 0. The monoisotopic (exact) mass is 266 g/mol. The van der Waals surface area contributed by atoms with E-state index in [2.05, 4.69) is 12.6 Å². The summed E-state index contributed by atoms with van der Waals surface area (Å²) in [6.07, 6.45) is -4.35. The minimum Gasteiger partial charge on any atom is -0.491 e. The maximum absolute atomic E-state index is 12.4. The van der Waals surface area contributed by atoms with Crippen molar-refractivity contribution in [1.29, 1.82) is 0 Å². The van der Waals surface area contributed by atoms with Gasteiger partial charge in [-0.05, 0) is 18.2 Å². The van der Waals surface area contributed by atoms with Gasteiger partial charge in [0.25, 0.3) is 0 Å². The SMILES string of the molecule is FC(F)(F)c1cccc(OCCOCCS)c1. The van der Waals surface area contributed by atoms with Gasteiger partial charge in [-0.1, -0.05) is 6.07 Å². The number of benzene rings is 1. The van der Waals surface area contributed by atoms with E-state index >= 15 is 0 Å². The van der Waals surface area contributed by atoms with Gasteiger partial charge in [0.15, 0.2) is 0 Å². The molecule has 0 aromatic heterocycles. The van der Waals surface area contributed by atoms with Crippen molar-refractivity contribution in [3.8, 4) is 5.75 Å². The van der Waals surface area contributed by atoms with Crippen LogP contribution in [-0.4, -0.2) is 25.6 Å². The fourth-order valence-electron chi connectivity index (χ4n) is 1.15. The number of halogens is 3. The molecule has 96 valence electrons. The average Bonchev–Trinajstić information content (AvgIpc) is 2.28. The fourth-order valence-corrected chi connectivity index (χ4v) is 1.28. The Kier molecular flexibility index (Phi) is 5.64. The van der Waals surface area contributed by atoms with Gasteiger partial charge in [-0.15, -0.1) is 0 Å². The van der Waals surface area contributed by atoms with Crippen LogP contribution >= 0.6 is 12.6 Å². The Labute approximate surface area is 103 Å². The molecule has 0 bridgehead atoms. The molecule has 2 nitrogen and oxygen atoms in total. The highest BCUT2D eigenvalue weighted by atomic mass is 32.1. The minimum atomic E-state index is -4.35. The van der Waals surface area contributed by atoms with Gasteiger partial charge in [0.2, 0.25) is 0 Å². The molecular formula is C11H13F3O2S. The predicted molar refractivity (Wildman–Crippen MR) is 61.6 cm³/mol. The normalized spacial score (nSPS) is 11.5. The zero-order chi connectivity index (χ0) is 12.7. The van der Waals surface area contributed by atoms with Crippen molar-refractivity contribution in [2.45, 2.75) is 6.18 Å². The van der Waals surface area contributed by atoms with Crippen LogP contribution in [-0.2, 0) is 10.9 Å². The predicted octanol–water partition coefficient (Wildman–Crippen LogP) is 3.03. The maximum atomic E-state index is 12.4. The number of rotatable bonds is 6. The van der Waals surface area contributed by atoms with Gasteiger partial charge in [-0.2, -0.15) is 25.8 Å². The quantitative estimate of drug-likeness (QED) is 0.630. The van der Waals surface area contributed by atoms with Gasteiger partial charge >= 0.3 is 6.18 Å². The Morgan fingerprint density at radius 3 is 2.53 bits per heavy atom. The molecule has 0 aliphatic heterocycles. The molecule has 1 aromatic rings. The van der Waals surface area contributed by atoms with E-state index < -0.39 is 11.7 Å². The van der Waals surface area contributed by atoms with Gasteiger partial charge in [-0.3, -0.25) is 0 Å². The molecular weight excluding hydrogens is 253 g/mol. The molecule has 6 heteroatoms. The van der Waals surface area contributed by atoms with Crippen molar-refractivity contribution in [2.75, 3.05) is 25.6 Å². The number of hydrogen-bond acceptors (Lipinski definition) is 3. The Balaban J connectivity index is 2.44. The summed E-state index contributed by atoms with van der Waals surface area (Å²) in [5, 5.41) is 0. The van der Waals surface area contributed by atoms with E-state index in [-0.39, 0.29) is 12.4 Å². The van der Waals surface area contributed by atoms with Crippen LogP contribution in [0.25, 0.3) is 0 Å². The van der Waals surface area contributed by atoms with Crippen molar-refractivity contribution in [1.82, 2.24) is 0 Å². The van der Waals surface area contributed by atoms with E-state index in [0.29, 0.717) is 19.0 Å². The van der Waals surface area contributed by atoms with Crippen molar-refractivity contribution in [3.63, 3.8) is 0 Å². The molecule has 0 radical (unpaired) electrons. The molecule has 0 amide bonds. The fraction of sp³-hybridized carbons (Fsp3) is 0.455. The Hall–Kier alpha value is -0.880. The van der Waals surface area contributed by atoms with E-state index in [1.807, 2.05) is 0 Å². The smallest absolute Gasteiger partial charge is 0.416 e. The van der Waals surface area contributed by atoms with Crippen molar-refractivity contribution in [2.24, 2.45) is 0 Å². The van der Waals surface area contributed by atoms with Crippen LogP contribution in [0.15, 0.2) is 24.3 Å². The summed E-state index contributed by atoms with van der Waals surface area (Å²) in [6, 6.07) is 4.77. The zero-order valence-electron chi connectivity index (χ0n) is 9.04. The molecule has 0 unspecified atom stereocenters. The lowest BCUT2D eigenvalue weighted by atomic mass is 10.2. The van der Waals surface area contributed by atoms with Gasteiger partial charge in [-0.25, -0.2) is 0 Å². The molecule has 0 fully saturated rings. The lowest BCUT2D eigenvalue weighted by Gasteiger charge is -2.10. The van der Waals surface area contributed by atoms with Crippen LogP contribution in [0.5, 0.6) is 5.75 Å². The van der Waals surface area contributed by atoms with Crippen molar-refractivity contribution < 1.29 is 22.6 Å². The molecule has 0 saturated heterocycles. The maximum Gasteiger partial charge on any atom is 0.416 e. The molecule has 1 rings (SSSR count). The Morgan fingerprint density at radius 2 is 1.88 bits per heavy atom. The van der Waals surface area contributed by atoms with Crippen LogP contribution in [0.2, 0.25) is 0 Å². The van der Waals surface area contributed by atoms with Crippen molar-refractivity contribution in [3.05, 3.63) is 29.8 Å². The molecule has 0 atom stereocenters. The lowest BCUT2D eigenvalue weighted by molar-refractivity contribution is -0.137. The number of thiol groups is 1. The number of alkyl halides is 3. The molecule has 0 N–H and O–H groups in total. The third-order valence-electron chi connectivity index (χ3n) is 1.89. The van der Waals surface area contributed by atoms with Crippen LogP contribution < -0.4 is 4.74 Å². The second-order valence-corrected chi connectivity index (χ2v) is 3.66. The second-order valence-electron chi connectivity index (χ2n) is 3.21. The second kappa shape index (κ2) is 6.76. The highest BCUT2D eigenvalue weighted by Gasteiger charge is 2.30. The van der Waals surface area contributed by atoms with Gasteiger partial charge < -0.3 is 9.47 Å². The van der Waals surface area contributed by atoms with E-state index in [9.17, 15) is 13.2 Å². The van der Waals surface area contributed by atoms with Crippen LogP contribution in [0, 0.1) is 0 Å². The summed E-state index contributed by atoms with van der Waals surface area (Å²) in [5.41, 5.74) is -0.716. The third-order valence-corrected chi connectivity index (χ3v) is 2.08. The molecule has 17 heavy (non-hydrogen) atoms. The van der Waals surface area contributed by atoms with Crippen LogP contribution in [0.3, 0.4) is 0 Å². The summed E-state index contributed by atoms with van der Waals surface area (Å²) in [4.78, 5) is 0. The van der Waals surface area contributed by atoms with E-state index in [0.717, 1.165) is 12.1 Å². The molecule has 0 aliphatic rings.